The summed E-state index contributed by atoms with van der Waals surface area (Å²) in [5.41, 5.74) is 0. The molecule has 0 radical (unpaired) electrons. The van der Waals surface area contributed by atoms with Gasteiger partial charge < -0.3 is 0 Å². The monoisotopic (exact) mass is 208 g/mol. The summed E-state index contributed by atoms with van der Waals surface area (Å²) in [6.45, 7) is 4.77. The molecule has 0 saturated heterocycles. The molecule has 0 heterocycles. The van der Waals surface area contributed by atoms with Crippen molar-refractivity contribution in [3.05, 3.63) is 12.7 Å². The Balaban J connectivity index is 3.76. The Hall–Kier alpha value is -0.880. The van der Waals surface area contributed by atoms with Crippen molar-refractivity contribution in [2.24, 2.45) is 0 Å². The van der Waals surface area contributed by atoms with Gasteiger partial charge >= 0.3 is 16.1 Å². The smallest absolute Gasteiger partial charge is 0.281 e. The molecule has 0 saturated carbocycles. The first-order valence-electron chi connectivity index (χ1n) is 3.74. The van der Waals surface area contributed by atoms with E-state index in [0.29, 0.717) is 6.42 Å². The topological polar surface area (TPSA) is 69.7 Å². The molecule has 0 bridgehead atoms. The predicted molar refractivity (Wildman–Crippen MR) is 46.1 cm³/mol. The van der Waals surface area contributed by atoms with E-state index in [9.17, 15) is 13.2 Å². The quantitative estimate of drug-likeness (QED) is 0.366. The third-order valence-corrected chi connectivity index (χ3v) is 2.12. The van der Waals surface area contributed by atoms with Gasteiger partial charge in [-0.05, 0) is 13.3 Å². The van der Waals surface area contributed by atoms with Gasteiger partial charge in [0.25, 0.3) is 0 Å². The molecule has 0 aliphatic rings. The lowest BCUT2D eigenvalue weighted by atomic mass is 10.3. The van der Waals surface area contributed by atoms with Crippen molar-refractivity contribution in [3.8, 4) is 0 Å². The summed E-state index contributed by atoms with van der Waals surface area (Å²) in [5.74, 6) is -0.959. The standard InChI is InChI=1S/C7H12O5S/c1-3-5-6-7(8)11-12-13(9,10)4-2/h3H,1,4-6H2,2H3. The van der Waals surface area contributed by atoms with Gasteiger partial charge in [0.2, 0.25) is 0 Å². The zero-order valence-electron chi connectivity index (χ0n) is 7.36. The largest absolute Gasteiger partial charge is 0.344 e. The highest BCUT2D eigenvalue weighted by atomic mass is 32.2. The van der Waals surface area contributed by atoms with Crippen molar-refractivity contribution in [2.45, 2.75) is 19.8 Å². The SMILES string of the molecule is C=CCCC(=O)OOS(=O)(=O)CC. The second-order valence-corrected chi connectivity index (χ2v) is 4.03. The molecule has 0 aromatic carbocycles. The molecule has 0 N–H and O–H groups in total. The summed E-state index contributed by atoms with van der Waals surface area (Å²) in [6, 6.07) is 0. The van der Waals surface area contributed by atoms with Crippen LogP contribution in [-0.2, 0) is 24.1 Å². The number of rotatable bonds is 6. The highest BCUT2D eigenvalue weighted by Gasteiger charge is 2.12. The highest BCUT2D eigenvalue weighted by Crippen LogP contribution is 1.98. The Morgan fingerprint density at radius 1 is 1.54 bits per heavy atom. The Kier molecular flexibility index (Phi) is 5.33. The van der Waals surface area contributed by atoms with Crippen molar-refractivity contribution in [1.82, 2.24) is 0 Å². The fraction of sp³-hybridized carbons (Fsp3) is 0.571. The lowest BCUT2D eigenvalue weighted by Gasteiger charge is -2.00. The molecule has 0 spiro atoms. The summed E-state index contributed by atoms with van der Waals surface area (Å²) in [5, 5.41) is 0. The van der Waals surface area contributed by atoms with Crippen LogP contribution in [0.1, 0.15) is 19.8 Å². The number of carbonyl (C=O) groups excluding carboxylic acids is 1. The zero-order valence-corrected chi connectivity index (χ0v) is 8.17. The van der Waals surface area contributed by atoms with Gasteiger partial charge in [0.15, 0.2) is 0 Å². The van der Waals surface area contributed by atoms with E-state index in [4.69, 9.17) is 0 Å². The van der Waals surface area contributed by atoms with Crippen molar-refractivity contribution in [3.63, 3.8) is 0 Å². The molecule has 76 valence electrons. The first kappa shape index (κ1) is 12.1. The maximum atomic E-state index is 10.7. The van der Waals surface area contributed by atoms with E-state index in [0.717, 1.165) is 0 Å². The van der Waals surface area contributed by atoms with Crippen molar-refractivity contribution < 1.29 is 22.4 Å². The molecule has 0 amide bonds. The maximum Gasteiger partial charge on any atom is 0.344 e. The Labute approximate surface area is 77.4 Å². The molecule has 0 aliphatic heterocycles. The van der Waals surface area contributed by atoms with Crippen LogP contribution in [0, 0.1) is 0 Å². The third kappa shape index (κ3) is 6.30. The molecule has 0 rings (SSSR count). The van der Waals surface area contributed by atoms with E-state index in [2.05, 4.69) is 15.8 Å². The lowest BCUT2D eigenvalue weighted by Crippen LogP contribution is -2.13. The number of allylic oxidation sites excluding steroid dienone is 1. The summed E-state index contributed by atoms with van der Waals surface area (Å²) in [6.07, 6.45) is 2.01. The Bertz CT molecular complexity index is 267. The van der Waals surface area contributed by atoms with Crippen LogP contribution < -0.4 is 0 Å². The van der Waals surface area contributed by atoms with E-state index in [1.54, 1.807) is 0 Å². The van der Waals surface area contributed by atoms with Gasteiger partial charge in [0.05, 0.1) is 12.2 Å². The van der Waals surface area contributed by atoms with Crippen LogP contribution in [0.4, 0.5) is 0 Å². The first-order valence-corrected chi connectivity index (χ1v) is 5.32. The van der Waals surface area contributed by atoms with Gasteiger partial charge in [-0.3, -0.25) is 4.89 Å². The first-order chi connectivity index (χ1) is 6.02. The van der Waals surface area contributed by atoms with E-state index >= 15 is 0 Å². The van der Waals surface area contributed by atoms with E-state index < -0.39 is 16.1 Å². The lowest BCUT2D eigenvalue weighted by molar-refractivity contribution is -0.211. The van der Waals surface area contributed by atoms with Crippen molar-refractivity contribution in [2.75, 3.05) is 5.75 Å². The van der Waals surface area contributed by atoms with E-state index in [1.165, 1.54) is 13.0 Å². The van der Waals surface area contributed by atoms with Gasteiger partial charge in [-0.2, -0.15) is 8.42 Å². The molecule has 0 unspecified atom stereocenters. The van der Waals surface area contributed by atoms with Gasteiger partial charge in [0.1, 0.15) is 0 Å². The minimum Gasteiger partial charge on any atom is -0.281 e. The molecular weight excluding hydrogens is 196 g/mol. The van der Waals surface area contributed by atoms with Gasteiger partial charge in [-0.25, -0.2) is 4.79 Å². The summed E-state index contributed by atoms with van der Waals surface area (Å²) >= 11 is 0. The molecule has 0 aromatic rings. The van der Waals surface area contributed by atoms with Gasteiger partial charge in [-0.15, -0.1) is 6.58 Å². The maximum absolute atomic E-state index is 10.7. The van der Waals surface area contributed by atoms with Crippen molar-refractivity contribution >= 4 is 16.1 Å². The fourth-order valence-corrected chi connectivity index (χ4v) is 0.675. The summed E-state index contributed by atoms with van der Waals surface area (Å²) in [4.78, 5) is 14.7. The molecule has 6 heteroatoms. The van der Waals surface area contributed by atoms with Crippen molar-refractivity contribution in [1.29, 1.82) is 0 Å². The molecule has 0 aromatic heterocycles. The normalized spacial score (nSPS) is 10.8. The van der Waals surface area contributed by atoms with Crippen LogP contribution in [-0.4, -0.2) is 20.1 Å². The number of carbonyl (C=O) groups is 1. The van der Waals surface area contributed by atoms with Crippen LogP contribution >= 0.6 is 0 Å². The minimum atomic E-state index is -3.71. The summed E-state index contributed by atoms with van der Waals surface area (Å²) in [7, 11) is -3.71. The second kappa shape index (κ2) is 5.71. The Morgan fingerprint density at radius 2 is 2.15 bits per heavy atom. The molecule has 0 atom stereocenters. The molecule has 13 heavy (non-hydrogen) atoms. The van der Waals surface area contributed by atoms with Crippen LogP contribution in [0.25, 0.3) is 0 Å². The minimum absolute atomic E-state index is 0.0583. The van der Waals surface area contributed by atoms with Crippen LogP contribution in [0.3, 0.4) is 0 Å². The van der Waals surface area contributed by atoms with E-state index in [-0.39, 0.29) is 12.2 Å². The molecular formula is C7H12O5S. The number of hydrogen-bond donors (Lipinski definition) is 0. The Morgan fingerprint density at radius 3 is 2.62 bits per heavy atom. The predicted octanol–water partition coefficient (Wildman–Crippen LogP) is 0.777. The zero-order chi connectivity index (χ0) is 10.3. The summed E-state index contributed by atoms with van der Waals surface area (Å²) < 4.78 is 25.2. The van der Waals surface area contributed by atoms with Crippen LogP contribution in [0.5, 0.6) is 0 Å². The van der Waals surface area contributed by atoms with Crippen LogP contribution in [0.15, 0.2) is 12.7 Å². The number of hydrogen-bond acceptors (Lipinski definition) is 5. The average molecular weight is 208 g/mol. The van der Waals surface area contributed by atoms with Gasteiger partial charge in [-0.1, -0.05) is 10.4 Å². The van der Waals surface area contributed by atoms with E-state index in [1.807, 2.05) is 0 Å². The fourth-order valence-electron chi connectivity index (χ4n) is 0.399. The highest BCUT2D eigenvalue weighted by molar-refractivity contribution is 7.86. The average Bonchev–Trinajstić information content (AvgIpc) is 2.11. The van der Waals surface area contributed by atoms with Gasteiger partial charge in [0, 0.05) is 0 Å². The molecule has 0 aliphatic carbocycles. The van der Waals surface area contributed by atoms with Crippen LogP contribution in [0.2, 0.25) is 0 Å². The molecule has 0 fully saturated rings. The third-order valence-electron chi connectivity index (χ3n) is 1.14. The second-order valence-electron chi connectivity index (χ2n) is 2.20. The molecule has 5 nitrogen and oxygen atoms in total.